The van der Waals surface area contributed by atoms with Crippen molar-refractivity contribution in [3.05, 3.63) is 65.7 Å². The molecule has 1 unspecified atom stereocenters. The molecule has 0 saturated carbocycles. The van der Waals surface area contributed by atoms with Gasteiger partial charge in [-0.25, -0.2) is 4.79 Å². The highest BCUT2D eigenvalue weighted by Crippen LogP contribution is 2.30. The lowest BCUT2D eigenvalue weighted by Crippen LogP contribution is -2.57. The third-order valence-corrected chi connectivity index (χ3v) is 6.46. The van der Waals surface area contributed by atoms with Crippen molar-refractivity contribution in [1.29, 1.82) is 0 Å². The van der Waals surface area contributed by atoms with E-state index >= 15 is 0 Å². The van der Waals surface area contributed by atoms with Crippen molar-refractivity contribution in [2.24, 2.45) is 0 Å². The fourth-order valence-electron chi connectivity index (χ4n) is 4.93. The van der Waals surface area contributed by atoms with Gasteiger partial charge in [-0.1, -0.05) is 48.5 Å². The Bertz CT molecular complexity index is 869. The first-order valence-electron chi connectivity index (χ1n) is 11.0. The molecule has 30 heavy (non-hydrogen) atoms. The van der Waals surface area contributed by atoms with Gasteiger partial charge in [-0.3, -0.25) is 4.90 Å². The van der Waals surface area contributed by atoms with Gasteiger partial charge < -0.3 is 19.4 Å². The van der Waals surface area contributed by atoms with Gasteiger partial charge in [0.2, 0.25) is 0 Å². The Kier molecular flexibility index (Phi) is 5.60. The van der Waals surface area contributed by atoms with Crippen LogP contribution in [0.3, 0.4) is 0 Å². The summed E-state index contributed by atoms with van der Waals surface area (Å²) >= 11 is 0. The van der Waals surface area contributed by atoms with Gasteiger partial charge in [0.15, 0.2) is 0 Å². The van der Waals surface area contributed by atoms with Crippen molar-refractivity contribution < 1.29 is 9.53 Å². The SMILES string of the molecule is O=C(N1CCOCC1)N1Cc2ccccc2N2CCN(Cc3ccccc3)CC2C1. The summed E-state index contributed by atoms with van der Waals surface area (Å²) in [6, 6.07) is 19.7. The zero-order valence-electron chi connectivity index (χ0n) is 17.4. The van der Waals surface area contributed by atoms with Crippen molar-refractivity contribution in [2.75, 3.05) is 57.4 Å². The van der Waals surface area contributed by atoms with Crippen molar-refractivity contribution >= 4 is 11.7 Å². The predicted molar refractivity (Wildman–Crippen MR) is 117 cm³/mol. The van der Waals surface area contributed by atoms with Crippen LogP contribution < -0.4 is 4.90 Å². The molecule has 2 amide bonds. The second-order valence-electron chi connectivity index (χ2n) is 8.46. The third kappa shape index (κ3) is 4.02. The van der Waals surface area contributed by atoms with Crippen LogP contribution in [0.25, 0.3) is 0 Å². The van der Waals surface area contributed by atoms with Crippen molar-refractivity contribution in [2.45, 2.75) is 19.1 Å². The highest BCUT2D eigenvalue weighted by Gasteiger charge is 2.35. The molecule has 0 spiro atoms. The van der Waals surface area contributed by atoms with Gasteiger partial charge in [-0.15, -0.1) is 0 Å². The first-order chi connectivity index (χ1) is 14.8. The smallest absolute Gasteiger partial charge is 0.320 e. The number of fused-ring (bicyclic) bond motifs is 3. The molecule has 2 saturated heterocycles. The van der Waals surface area contributed by atoms with Crippen molar-refractivity contribution in [3.8, 4) is 0 Å². The van der Waals surface area contributed by atoms with Gasteiger partial charge in [0, 0.05) is 58.0 Å². The molecule has 5 rings (SSSR count). The topological polar surface area (TPSA) is 39.3 Å². The van der Waals surface area contributed by atoms with Crippen LogP contribution >= 0.6 is 0 Å². The van der Waals surface area contributed by atoms with E-state index < -0.39 is 0 Å². The Balaban J connectivity index is 1.37. The van der Waals surface area contributed by atoms with Crippen LogP contribution in [0.4, 0.5) is 10.5 Å². The van der Waals surface area contributed by atoms with E-state index in [1.54, 1.807) is 0 Å². The van der Waals surface area contributed by atoms with Gasteiger partial charge in [-0.2, -0.15) is 0 Å². The highest BCUT2D eigenvalue weighted by atomic mass is 16.5. The van der Waals surface area contributed by atoms with Crippen LogP contribution in [-0.2, 0) is 17.8 Å². The highest BCUT2D eigenvalue weighted by molar-refractivity contribution is 5.75. The first-order valence-corrected chi connectivity index (χ1v) is 11.0. The number of benzene rings is 2. The summed E-state index contributed by atoms with van der Waals surface area (Å²) in [5.41, 5.74) is 3.89. The Morgan fingerprint density at radius 2 is 1.63 bits per heavy atom. The molecule has 0 N–H and O–H groups in total. The predicted octanol–water partition coefficient (Wildman–Crippen LogP) is 2.65. The van der Waals surface area contributed by atoms with Gasteiger partial charge in [-0.05, 0) is 17.2 Å². The molecule has 0 aromatic heterocycles. The maximum absolute atomic E-state index is 13.3. The number of nitrogens with zero attached hydrogens (tertiary/aromatic N) is 4. The summed E-state index contributed by atoms with van der Waals surface area (Å²) in [5.74, 6) is 0. The molecule has 3 aliphatic heterocycles. The van der Waals surface area contributed by atoms with E-state index in [1.807, 2.05) is 4.90 Å². The Morgan fingerprint density at radius 3 is 2.47 bits per heavy atom. The standard InChI is InChI=1S/C24H30N4O2/c29-24(26-12-14-30-15-13-26)27-17-21-8-4-5-9-23(21)28-11-10-25(18-22(28)19-27)16-20-6-2-1-3-7-20/h1-9,22H,10-19H2. The summed E-state index contributed by atoms with van der Waals surface area (Å²) in [5, 5.41) is 0. The molecule has 0 aliphatic carbocycles. The molecule has 158 valence electrons. The molecule has 2 aromatic carbocycles. The number of carbonyl (C=O) groups excluding carboxylic acids is 1. The van der Waals surface area contributed by atoms with Crippen LogP contribution in [-0.4, -0.2) is 79.3 Å². The van der Waals surface area contributed by atoms with Crippen molar-refractivity contribution in [1.82, 2.24) is 14.7 Å². The minimum atomic E-state index is 0.148. The van der Waals surface area contributed by atoms with E-state index in [-0.39, 0.29) is 6.03 Å². The van der Waals surface area contributed by atoms with Crippen LogP contribution in [0, 0.1) is 0 Å². The van der Waals surface area contributed by atoms with E-state index in [0.717, 1.165) is 32.7 Å². The third-order valence-electron chi connectivity index (χ3n) is 6.46. The first kappa shape index (κ1) is 19.4. The van der Waals surface area contributed by atoms with Gasteiger partial charge in [0.05, 0.1) is 19.3 Å². The summed E-state index contributed by atoms with van der Waals surface area (Å²) in [6.07, 6.45) is 0. The van der Waals surface area contributed by atoms with Crippen LogP contribution in [0.1, 0.15) is 11.1 Å². The fraction of sp³-hybridized carbons (Fsp3) is 0.458. The Hall–Kier alpha value is -2.57. The molecule has 2 fully saturated rings. The lowest BCUT2D eigenvalue weighted by Gasteiger charge is -2.43. The number of morpholine rings is 1. The summed E-state index contributed by atoms with van der Waals surface area (Å²) < 4.78 is 5.45. The second-order valence-corrected chi connectivity index (χ2v) is 8.46. The monoisotopic (exact) mass is 406 g/mol. The molecule has 3 heterocycles. The number of hydrogen-bond acceptors (Lipinski definition) is 4. The Labute approximate surface area is 178 Å². The van der Waals surface area contributed by atoms with Crippen LogP contribution in [0.15, 0.2) is 54.6 Å². The molecule has 6 nitrogen and oxygen atoms in total. The minimum absolute atomic E-state index is 0.148. The molecular formula is C24H30N4O2. The maximum atomic E-state index is 13.3. The van der Waals surface area contributed by atoms with Gasteiger partial charge in [0.25, 0.3) is 0 Å². The summed E-state index contributed by atoms with van der Waals surface area (Å²) in [7, 11) is 0. The zero-order valence-corrected chi connectivity index (χ0v) is 17.4. The molecule has 0 radical (unpaired) electrons. The number of rotatable bonds is 2. The number of urea groups is 1. The number of ether oxygens (including phenoxy) is 1. The van der Waals surface area contributed by atoms with E-state index in [1.165, 1.54) is 16.8 Å². The van der Waals surface area contributed by atoms with E-state index in [2.05, 4.69) is 69.3 Å². The number of hydrogen-bond donors (Lipinski definition) is 0. The van der Waals surface area contributed by atoms with Gasteiger partial charge >= 0.3 is 6.03 Å². The Morgan fingerprint density at radius 1 is 0.867 bits per heavy atom. The maximum Gasteiger partial charge on any atom is 0.320 e. The molecule has 3 aliphatic rings. The summed E-state index contributed by atoms with van der Waals surface area (Å²) in [6.45, 7) is 8.05. The van der Waals surface area contributed by atoms with E-state index in [4.69, 9.17) is 4.74 Å². The lowest BCUT2D eigenvalue weighted by molar-refractivity contribution is 0.0416. The quantitative estimate of drug-likeness (QED) is 0.769. The number of amides is 2. The molecule has 1 atom stereocenters. The van der Waals surface area contributed by atoms with Gasteiger partial charge in [0.1, 0.15) is 0 Å². The number of carbonyl (C=O) groups is 1. The molecule has 0 bridgehead atoms. The number of para-hydroxylation sites is 1. The normalized spacial score (nSPS) is 22.3. The molecular weight excluding hydrogens is 376 g/mol. The van der Waals surface area contributed by atoms with E-state index in [9.17, 15) is 4.79 Å². The molecule has 6 heteroatoms. The average molecular weight is 407 g/mol. The largest absolute Gasteiger partial charge is 0.378 e. The van der Waals surface area contributed by atoms with E-state index in [0.29, 0.717) is 38.9 Å². The zero-order chi connectivity index (χ0) is 20.3. The average Bonchev–Trinajstić information content (AvgIpc) is 2.96. The van der Waals surface area contributed by atoms with Crippen molar-refractivity contribution in [3.63, 3.8) is 0 Å². The lowest BCUT2D eigenvalue weighted by atomic mass is 10.1. The summed E-state index contributed by atoms with van der Waals surface area (Å²) in [4.78, 5) is 22.4. The fourth-order valence-corrected chi connectivity index (χ4v) is 4.93. The second kappa shape index (κ2) is 8.66. The number of piperazine rings is 1. The number of anilines is 1. The van der Waals surface area contributed by atoms with Crippen LogP contribution in [0.5, 0.6) is 0 Å². The van der Waals surface area contributed by atoms with Crippen LogP contribution in [0.2, 0.25) is 0 Å². The molecule has 2 aromatic rings. The minimum Gasteiger partial charge on any atom is -0.378 e.